The Morgan fingerprint density at radius 2 is 1.55 bits per heavy atom. The van der Waals surface area contributed by atoms with Crippen molar-refractivity contribution in [3.63, 3.8) is 0 Å². The molecule has 0 unspecified atom stereocenters. The maximum Gasteiger partial charge on any atom is 0.119 e. The molecule has 2 saturated carbocycles. The number of benzene rings is 1. The highest BCUT2D eigenvalue weighted by Gasteiger charge is 2.31. The van der Waals surface area contributed by atoms with Crippen molar-refractivity contribution < 1.29 is 9.13 Å². The van der Waals surface area contributed by atoms with E-state index in [4.69, 9.17) is 4.74 Å². The molecule has 0 amide bonds. The number of unbranched alkanes of at least 4 members (excludes halogenated alkanes) is 2. The van der Waals surface area contributed by atoms with E-state index >= 15 is 0 Å². The molecule has 0 heterocycles. The van der Waals surface area contributed by atoms with E-state index in [0.717, 1.165) is 48.9 Å². The van der Waals surface area contributed by atoms with Crippen LogP contribution in [-0.4, -0.2) is 6.61 Å². The van der Waals surface area contributed by atoms with Crippen LogP contribution in [0.3, 0.4) is 0 Å². The number of allylic oxidation sites excluding steroid dienone is 1. The lowest BCUT2D eigenvalue weighted by Crippen LogP contribution is -2.25. The molecule has 3 rings (SSSR count). The van der Waals surface area contributed by atoms with E-state index in [1.54, 1.807) is 6.08 Å². The van der Waals surface area contributed by atoms with E-state index in [-0.39, 0.29) is 0 Å². The molecule has 29 heavy (non-hydrogen) atoms. The summed E-state index contributed by atoms with van der Waals surface area (Å²) >= 11 is 0. The van der Waals surface area contributed by atoms with Crippen LogP contribution in [0.15, 0.2) is 36.7 Å². The summed E-state index contributed by atoms with van der Waals surface area (Å²) < 4.78 is 18.0. The number of hydrogen-bond acceptors (Lipinski definition) is 1. The highest BCUT2D eigenvalue weighted by molar-refractivity contribution is 5.29. The Labute approximate surface area is 178 Å². The molecule has 2 aliphatic rings. The van der Waals surface area contributed by atoms with Crippen LogP contribution in [0.4, 0.5) is 4.39 Å². The Balaban J connectivity index is 1.37. The molecule has 0 N–H and O–H groups in total. The molecule has 0 aromatic heterocycles. The predicted molar refractivity (Wildman–Crippen MR) is 121 cm³/mol. The third-order valence-electron chi connectivity index (χ3n) is 7.53. The second-order valence-electron chi connectivity index (χ2n) is 9.46. The average molecular weight is 401 g/mol. The van der Waals surface area contributed by atoms with E-state index < -0.39 is 0 Å². The van der Waals surface area contributed by atoms with Crippen LogP contribution < -0.4 is 4.74 Å². The number of halogens is 1. The molecule has 0 saturated heterocycles. The lowest BCUT2D eigenvalue weighted by Gasteiger charge is -2.38. The van der Waals surface area contributed by atoms with E-state index in [0.29, 0.717) is 6.33 Å². The average Bonchev–Trinajstić information content (AvgIpc) is 2.78. The Kier molecular flexibility index (Phi) is 9.57. The predicted octanol–water partition coefficient (Wildman–Crippen LogP) is 8.60. The summed E-state index contributed by atoms with van der Waals surface area (Å²) in [4.78, 5) is 0. The highest BCUT2D eigenvalue weighted by Crippen LogP contribution is 2.44. The first-order chi connectivity index (χ1) is 14.3. The largest absolute Gasteiger partial charge is 0.494 e. The number of rotatable bonds is 10. The van der Waals surface area contributed by atoms with Crippen molar-refractivity contribution in [1.82, 2.24) is 0 Å². The fourth-order valence-corrected chi connectivity index (χ4v) is 5.65. The third-order valence-corrected chi connectivity index (χ3v) is 7.53. The van der Waals surface area contributed by atoms with Crippen LogP contribution in [-0.2, 0) is 0 Å². The maximum absolute atomic E-state index is 12.1. The third kappa shape index (κ3) is 7.15. The summed E-state index contributed by atoms with van der Waals surface area (Å²) in [6.07, 6.45) is 19.2. The smallest absolute Gasteiger partial charge is 0.119 e. The molecule has 1 aromatic carbocycles. The monoisotopic (exact) mass is 400 g/mol. The van der Waals surface area contributed by atoms with Gasteiger partial charge in [-0.25, -0.2) is 4.39 Å². The van der Waals surface area contributed by atoms with Gasteiger partial charge in [0, 0.05) is 0 Å². The molecule has 1 nitrogen and oxygen atoms in total. The molecule has 0 bridgehead atoms. The summed E-state index contributed by atoms with van der Waals surface area (Å²) in [5.74, 6) is 4.49. The minimum absolute atomic E-state index is 0.707. The standard InChI is InChI=1S/C27H41FO/c1-2-3-6-21-29-27-18-16-26(17-19-27)25-14-12-24(13-15-25)23-10-8-22(9-11-23)7-4-5-20-28/h5,16-20,22-25H,2-4,6-15,21H2,1H3. The van der Waals surface area contributed by atoms with E-state index in [9.17, 15) is 4.39 Å². The first-order valence-electron chi connectivity index (χ1n) is 12.3. The number of hydrogen-bond donors (Lipinski definition) is 0. The number of ether oxygens (including phenoxy) is 1. The summed E-state index contributed by atoms with van der Waals surface area (Å²) in [5.41, 5.74) is 1.51. The van der Waals surface area contributed by atoms with Crippen LogP contribution in [0.2, 0.25) is 0 Å². The van der Waals surface area contributed by atoms with Gasteiger partial charge in [0.15, 0.2) is 0 Å². The van der Waals surface area contributed by atoms with E-state index in [1.807, 2.05) is 0 Å². The van der Waals surface area contributed by atoms with Crippen molar-refractivity contribution >= 4 is 0 Å². The van der Waals surface area contributed by atoms with Crippen LogP contribution in [0, 0.1) is 17.8 Å². The summed E-state index contributed by atoms with van der Waals surface area (Å²) in [6, 6.07) is 8.95. The van der Waals surface area contributed by atoms with Crippen LogP contribution >= 0.6 is 0 Å². The Bertz CT molecular complexity index is 577. The lowest BCUT2D eigenvalue weighted by molar-refractivity contribution is 0.157. The normalized spacial score (nSPS) is 27.9. The minimum Gasteiger partial charge on any atom is -0.494 e. The van der Waals surface area contributed by atoms with Gasteiger partial charge in [-0.1, -0.05) is 50.8 Å². The van der Waals surface area contributed by atoms with Gasteiger partial charge < -0.3 is 4.74 Å². The molecule has 0 spiro atoms. The zero-order chi connectivity index (χ0) is 20.3. The quantitative estimate of drug-likeness (QED) is 0.357. The second kappa shape index (κ2) is 12.4. The molecule has 2 aliphatic carbocycles. The van der Waals surface area contributed by atoms with Gasteiger partial charge in [-0.05, 0) is 99.2 Å². The van der Waals surface area contributed by atoms with E-state index in [1.165, 1.54) is 76.2 Å². The summed E-state index contributed by atoms with van der Waals surface area (Å²) in [7, 11) is 0. The van der Waals surface area contributed by atoms with Crippen molar-refractivity contribution in [3.05, 3.63) is 42.2 Å². The Morgan fingerprint density at radius 1 is 0.897 bits per heavy atom. The fraction of sp³-hybridized carbons (Fsp3) is 0.704. The lowest BCUT2D eigenvalue weighted by atomic mass is 9.68. The van der Waals surface area contributed by atoms with Gasteiger partial charge in [-0.3, -0.25) is 0 Å². The second-order valence-corrected chi connectivity index (χ2v) is 9.46. The van der Waals surface area contributed by atoms with Gasteiger partial charge in [0.1, 0.15) is 5.75 Å². The molecule has 0 radical (unpaired) electrons. The maximum atomic E-state index is 12.1. The molecule has 162 valence electrons. The van der Waals surface area contributed by atoms with Crippen molar-refractivity contribution in [2.75, 3.05) is 6.61 Å². The zero-order valence-corrected chi connectivity index (χ0v) is 18.5. The molecule has 2 heteroatoms. The zero-order valence-electron chi connectivity index (χ0n) is 18.5. The van der Waals surface area contributed by atoms with Gasteiger partial charge in [0.2, 0.25) is 0 Å². The van der Waals surface area contributed by atoms with Gasteiger partial charge >= 0.3 is 0 Å². The molecule has 2 fully saturated rings. The van der Waals surface area contributed by atoms with Crippen LogP contribution in [0.1, 0.15) is 102 Å². The van der Waals surface area contributed by atoms with E-state index in [2.05, 4.69) is 31.2 Å². The van der Waals surface area contributed by atoms with Gasteiger partial charge in [-0.15, -0.1) is 0 Å². The molecular formula is C27H41FO. The van der Waals surface area contributed by atoms with Gasteiger partial charge in [-0.2, -0.15) is 0 Å². The van der Waals surface area contributed by atoms with Gasteiger partial charge in [0.05, 0.1) is 12.9 Å². The molecule has 1 aromatic rings. The van der Waals surface area contributed by atoms with Crippen molar-refractivity contribution in [2.24, 2.45) is 17.8 Å². The highest BCUT2D eigenvalue weighted by atomic mass is 19.1. The summed E-state index contributed by atoms with van der Waals surface area (Å²) in [5, 5.41) is 0. The fourth-order valence-electron chi connectivity index (χ4n) is 5.65. The SMILES string of the molecule is CCCCCOc1ccc(C2CCC(C3CCC(CCC=CF)CC3)CC2)cc1. The van der Waals surface area contributed by atoms with Crippen molar-refractivity contribution in [1.29, 1.82) is 0 Å². The van der Waals surface area contributed by atoms with Crippen LogP contribution in [0.5, 0.6) is 5.75 Å². The molecular weight excluding hydrogens is 359 g/mol. The molecule has 0 aliphatic heterocycles. The van der Waals surface area contributed by atoms with Crippen LogP contribution in [0.25, 0.3) is 0 Å². The Hall–Kier alpha value is -1.31. The first-order valence-corrected chi connectivity index (χ1v) is 12.3. The molecule has 0 atom stereocenters. The minimum atomic E-state index is 0.707. The summed E-state index contributed by atoms with van der Waals surface area (Å²) in [6.45, 7) is 3.07. The van der Waals surface area contributed by atoms with Crippen molar-refractivity contribution in [2.45, 2.75) is 96.3 Å². The van der Waals surface area contributed by atoms with Crippen molar-refractivity contribution in [3.8, 4) is 5.75 Å². The Morgan fingerprint density at radius 3 is 2.17 bits per heavy atom. The topological polar surface area (TPSA) is 9.23 Å². The van der Waals surface area contributed by atoms with Gasteiger partial charge in [0.25, 0.3) is 0 Å². The first kappa shape index (κ1) is 22.4.